The monoisotopic (exact) mass is 594 g/mol. The smallest absolute Gasteiger partial charge is 0.312 e. The molecule has 0 bridgehead atoms. The van der Waals surface area contributed by atoms with E-state index >= 15 is 0 Å². The Kier molecular flexibility index (Phi) is 14.4. The van der Waals surface area contributed by atoms with Gasteiger partial charge in [0.15, 0.2) is 0 Å². The minimum Gasteiger partial charge on any atom is -0.354 e. The minimum absolute atomic E-state index is 0.120. The first-order valence-electron chi connectivity index (χ1n) is 15.1. The maximum Gasteiger partial charge on any atom is 0.312 e. The van der Waals surface area contributed by atoms with E-state index in [1.807, 2.05) is 55.4 Å². The molecule has 1 rings (SSSR count). The van der Waals surface area contributed by atoms with Gasteiger partial charge in [0, 0.05) is 32.5 Å². The third kappa shape index (κ3) is 13.2. The number of urea groups is 1. The molecule has 12 heteroatoms. The lowest BCUT2D eigenvalue weighted by Gasteiger charge is -2.26. The van der Waals surface area contributed by atoms with Gasteiger partial charge in [0.25, 0.3) is 0 Å². The molecule has 1 aliphatic heterocycles. The number of nitrogens with zero attached hydrogens (tertiary/aromatic N) is 1. The van der Waals surface area contributed by atoms with Crippen LogP contribution in [0.3, 0.4) is 0 Å². The number of primary amides is 1. The molecule has 12 nitrogen and oxygen atoms in total. The number of nitrogens with two attached hydrogens (primary N) is 1. The van der Waals surface area contributed by atoms with Crippen LogP contribution >= 0.6 is 0 Å². The van der Waals surface area contributed by atoms with Crippen molar-refractivity contribution in [2.45, 2.75) is 112 Å². The van der Waals surface area contributed by atoms with Gasteiger partial charge < -0.3 is 27.0 Å². The van der Waals surface area contributed by atoms with Gasteiger partial charge in [0.05, 0.1) is 5.92 Å². The van der Waals surface area contributed by atoms with Crippen LogP contribution in [0.4, 0.5) is 4.79 Å². The largest absolute Gasteiger partial charge is 0.354 e. The van der Waals surface area contributed by atoms with Gasteiger partial charge in [-0.15, -0.1) is 0 Å². The van der Waals surface area contributed by atoms with Gasteiger partial charge in [-0.05, 0) is 42.4 Å². The summed E-state index contributed by atoms with van der Waals surface area (Å²) in [7, 11) is 0. The molecule has 3 atom stereocenters. The number of unbranched alkanes of at least 4 members (excludes halogenated alkanes) is 2. The van der Waals surface area contributed by atoms with E-state index < -0.39 is 24.0 Å². The third-order valence-corrected chi connectivity index (χ3v) is 7.24. The molecule has 1 aliphatic rings. The Hall–Kier alpha value is -3.18. The standard InChI is InChI=1S/C30H54N6O6/c1-19(2)24(26(40)34-21(13-12-15-32-28(31)42)25(39)33-18-29(3,4)5)35-22(37)14-10-9-11-16-36-23(38)17-20(27(36)41)30(6,7)8/h19-21,24H,9-18H2,1-8H3,(H,33,39)(H,34,40)(H,35,37)(H3,31,32,42). The molecule has 240 valence electrons. The minimum atomic E-state index is -0.846. The van der Waals surface area contributed by atoms with Crippen molar-refractivity contribution in [3.8, 4) is 0 Å². The third-order valence-electron chi connectivity index (χ3n) is 7.24. The van der Waals surface area contributed by atoms with Crippen LogP contribution in [0.1, 0.15) is 100 Å². The van der Waals surface area contributed by atoms with Crippen molar-refractivity contribution in [3.05, 3.63) is 0 Å². The van der Waals surface area contributed by atoms with E-state index in [0.29, 0.717) is 38.8 Å². The molecule has 0 aromatic heterocycles. The Morgan fingerprint density at radius 2 is 1.55 bits per heavy atom. The Morgan fingerprint density at radius 1 is 0.905 bits per heavy atom. The van der Waals surface area contributed by atoms with Crippen molar-refractivity contribution in [2.24, 2.45) is 28.4 Å². The molecule has 0 aliphatic carbocycles. The Labute approximate surface area is 251 Å². The average Bonchev–Trinajstić information content (AvgIpc) is 3.15. The summed E-state index contributed by atoms with van der Waals surface area (Å²) in [6, 6.07) is -2.35. The normalized spacial score (nSPS) is 17.2. The van der Waals surface area contributed by atoms with E-state index in [0.717, 1.165) is 0 Å². The Morgan fingerprint density at radius 3 is 2.07 bits per heavy atom. The van der Waals surface area contributed by atoms with E-state index in [1.54, 1.807) is 0 Å². The second kappa shape index (κ2) is 16.5. The molecule has 3 unspecified atom stereocenters. The molecule has 0 aromatic rings. The number of hydrogen-bond acceptors (Lipinski definition) is 6. The molecule has 7 amide bonds. The maximum absolute atomic E-state index is 13.2. The summed E-state index contributed by atoms with van der Waals surface area (Å²) in [5, 5.41) is 10.9. The molecular formula is C30H54N6O6. The summed E-state index contributed by atoms with van der Waals surface area (Å²) in [5.74, 6) is -1.88. The highest BCUT2D eigenvalue weighted by atomic mass is 16.2. The molecular weight excluding hydrogens is 540 g/mol. The van der Waals surface area contributed by atoms with Crippen molar-refractivity contribution < 1.29 is 28.8 Å². The molecule has 6 N–H and O–H groups in total. The summed E-state index contributed by atoms with van der Waals surface area (Å²) in [6.07, 6.45) is 2.93. The highest BCUT2D eigenvalue weighted by Crippen LogP contribution is 2.35. The summed E-state index contributed by atoms with van der Waals surface area (Å²) in [6.45, 7) is 16.5. The second-order valence-electron chi connectivity index (χ2n) is 13.9. The number of likely N-dealkylation sites (tertiary alicyclic amines) is 1. The molecule has 0 saturated carbocycles. The highest BCUT2D eigenvalue weighted by molar-refractivity contribution is 6.03. The lowest BCUT2D eigenvalue weighted by atomic mass is 9.80. The number of carbonyl (C=O) groups excluding carboxylic acids is 6. The number of nitrogens with one attached hydrogen (secondary N) is 4. The highest BCUT2D eigenvalue weighted by Gasteiger charge is 2.44. The summed E-state index contributed by atoms with van der Waals surface area (Å²) in [5.41, 5.74) is 4.69. The predicted octanol–water partition coefficient (Wildman–Crippen LogP) is 2.20. The number of hydrogen-bond donors (Lipinski definition) is 5. The first-order valence-corrected chi connectivity index (χ1v) is 15.1. The van der Waals surface area contributed by atoms with Crippen LogP contribution in [-0.2, 0) is 24.0 Å². The molecule has 1 saturated heterocycles. The molecule has 0 spiro atoms. The Balaban J connectivity index is 2.63. The van der Waals surface area contributed by atoms with Gasteiger partial charge in [-0.25, -0.2) is 4.79 Å². The van der Waals surface area contributed by atoms with E-state index in [1.165, 1.54) is 4.90 Å². The fourth-order valence-electron chi connectivity index (χ4n) is 4.63. The van der Waals surface area contributed by atoms with Gasteiger partial charge in [0.1, 0.15) is 12.1 Å². The van der Waals surface area contributed by atoms with Crippen LogP contribution in [0.2, 0.25) is 0 Å². The zero-order valence-corrected chi connectivity index (χ0v) is 26.9. The fourth-order valence-corrected chi connectivity index (χ4v) is 4.63. The topological polar surface area (TPSA) is 180 Å². The average molecular weight is 595 g/mol. The van der Waals surface area contributed by atoms with Crippen LogP contribution in [0.25, 0.3) is 0 Å². The van der Waals surface area contributed by atoms with Crippen LogP contribution in [0.5, 0.6) is 0 Å². The van der Waals surface area contributed by atoms with E-state index in [2.05, 4.69) is 21.3 Å². The van der Waals surface area contributed by atoms with E-state index in [4.69, 9.17) is 5.73 Å². The summed E-state index contributed by atoms with van der Waals surface area (Å²) >= 11 is 0. The lowest BCUT2D eigenvalue weighted by molar-refractivity contribution is -0.140. The van der Waals surface area contributed by atoms with Crippen LogP contribution < -0.4 is 27.0 Å². The van der Waals surface area contributed by atoms with E-state index in [-0.39, 0.29) is 72.1 Å². The van der Waals surface area contributed by atoms with Crippen LogP contribution in [0.15, 0.2) is 0 Å². The second-order valence-corrected chi connectivity index (χ2v) is 13.9. The maximum atomic E-state index is 13.2. The van der Waals surface area contributed by atoms with Crippen molar-refractivity contribution in [1.29, 1.82) is 0 Å². The van der Waals surface area contributed by atoms with Gasteiger partial charge in [0.2, 0.25) is 29.5 Å². The fraction of sp³-hybridized carbons (Fsp3) is 0.800. The quantitative estimate of drug-likeness (QED) is 0.135. The van der Waals surface area contributed by atoms with Crippen molar-refractivity contribution in [2.75, 3.05) is 19.6 Å². The van der Waals surface area contributed by atoms with Gasteiger partial charge in [-0.1, -0.05) is 61.8 Å². The van der Waals surface area contributed by atoms with Gasteiger partial charge in [-0.3, -0.25) is 28.9 Å². The number of imide groups is 1. The molecule has 0 radical (unpaired) electrons. The Bertz CT molecular complexity index is 968. The zero-order chi connectivity index (χ0) is 32.3. The van der Waals surface area contributed by atoms with Crippen molar-refractivity contribution in [1.82, 2.24) is 26.2 Å². The molecule has 1 heterocycles. The van der Waals surface area contributed by atoms with Crippen LogP contribution in [0, 0.1) is 22.7 Å². The van der Waals surface area contributed by atoms with E-state index in [9.17, 15) is 28.8 Å². The van der Waals surface area contributed by atoms with Crippen molar-refractivity contribution >= 4 is 35.6 Å². The lowest BCUT2D eigenvalue weighted by Crippen LogP contribution is -2.56. The SMILES string of the molecule is CC(C)C(NC(=O)CCCCCN1C(=O)CC(C(C)(C)C)C1=O)C(=O)NC(CCCNC(N)=O)C(=O)NCC(C)(C)C. The van der Waals surface area contributed by atoms with Gasteiger partial charge in [-0.2, -0.15) is 0 Å². The number of carbonyl (C=O) groups is 6. The first-order chi connectivity index (χ1) is 19.3. The summed E-state index contributed by atoms with van der Waals surface area (Å²) < 4.78 is 0. The molecule has 0 aromatic carbocycles. The number of rotatable bonds is 16. The number of amides is 7. The molecule has 1 fully saturated rings. The predicted molar refractivity (Wildman–Crippen MR) is 161 cm³/mol. The first kappa shape index (κ1) is 36.8. The van der Waals surface area contributed by atoms with Gasteiger partial charge >= 0.3 is 6.03 Å². The van der Waals surface area contributed by atoms with Crippen LogP contribution in [-0.4, -0.2) is 72.2 Å². The van der Waals surface area contributed by atoms with Crippen molar-refractivity contribution in [3.63, 3.8) is 0 Å². The summed E-state index contributed by atoms with van der Waals surface area (Å²) in [4.78, 5) is 76.1. The zero-order valence-electron chi connectivity index (χ0n) is 26.9. The molecule has 42 heavy (non-hydrogen) atoms.